The first-order chi connectivity index (χ1) is 5.07. The number of carbonyl (C=O) groups is 2. The zero-order chi connectivity index (χ0) is 8.85. The van der Waals surface area contributed by atoms with Crippen LogP contribution in [0.1, 0.15) is 6.92 Å². The van der Waals surface area contributed by atoms with Gasteiger partial charge < -0.3 is 10.4 Å². The quantitative estimate of drug-likeness (QED) is 0.682. The predicted octanol–water partition coefficient (Wildman–Crippen LogP) is 0.486. The van der Waals surface area contributed by atoms with E-state index < -0.39 is 11.9 Å². The topological polar surface area (TPSA) is 66.4 Å². The highest BCUT2D eigenvalue weighted by atomic mass is 79.9. The van der Waals surface area contributed by atoms with E-state index in [2.05, 4.69) is 21.2 Å². The first-order valence-corrected chi connectivity index (χ1v) is 3.75. The molecule has 0 atom stereocenters. The van der Waals surface area contributed by atoms with Gasteiger partial charge in [-0.2, -0.15) is 0 Å². The van der Waals surface area contributed by atoms with Crippen LogP contribution in [0, 0.1) is 0 Å². The van der Waals surface area contributed by atoms with Crippen molar-refractivity contribution in [2.24, 2.45) is 0 Å². The van der Waals surface area contributed by atoms with Gasteiger partial charge in [-0.25, -0.2) is 4.79 Å². The molecule has 0 saturated carbocycles. The Kier molecular flexibility index (Phi) is 4.52. The lowest BCUT2D eigenvalue weighted by Gasteiger charge is -1.97. The third kappa shape index (κ3) is 4.55. The van der Waals surface area contributed by atoms with Crippen LogP contribution in [0.2, 0.25) is 0 Å². The van der Waals surface area contributed by atoms with Crippen LogP contribution >= 0.6 is 15.9 Å². The van der Waals surface area contributed by atoms with E-state index in [-0.39, 0.29) is 4.48 Å². The van der Waals surface area contributed by atoms with E-state index in [0.29, 0.717) is 6.54 Å². The molecular weight excluding hydrogens is 214 g/mol. The van der Waals surface area contributed by atoms with Crippen LogP contribution in [0.5, 0.6) is 0 Å². The molecule has 1 amide bonds. The molecule has 0 aliphatic carbocycles. The van der Waals surface area contributed by atoms with Crippen molar-refractivity contribution in [3.8, 4) is 0 Å². The fourth-order valence-electron chi connectivity index (χ4n) is 0.419. The number of likely N-dealkylation sites (N-methyl/N-ethyl adjacent to an activating group) is 1. The van der Waals surface area contributed by atoms with E-state index in [0.717, 1.165) is 6.08 Å². The molecule has 0 heterocycles. The first-order valence-electron chi connectivity index (χ1n) is 2.96. The second kappa shape index (κ2) is 4.90. The Morgan fingerprint density at radius 3 is 2.55 bits per heavy atom. The minimum atomic E-state index is -1.15. The minimum Gasteiger partial charge on any atom is -0.478 e. The molecule has 5 heteroatoms. The van der Waals surface area contributed by atoms with E-state index >= 15 is 0 Å². The second-order valence-corrected chi connectivity index (χ2v) is 2.54. The maximum Gasteiger partial charge on any atom is 0.329 e. The third-order valence-electron chi connectivity index (χ3n) is 0.804. The van der Waals surface area contributed by atoms with Gasteiger partial charge in [0, 0.05) is 12.6 Å². The molecule has 0 rings (SSSR count). The molecule has 0 radical (unpaired) electrons. The van der Waals surface area contributed by atoms with Crippen molar-refractivity contribution >= 4 is 27.8 Å². The molecule has 0 fully saturated rings. The molecule has 2 N–H and O–H groups in total. The molecule has 11 heavy (non-hydrogen) atoms. The molecule has 0 aliphatic rings. The van der Waals surface area contributed by atoms with Crippen LogP contribution in [0.4, 0.5) is 0 Å². The van der Waals surface area contributed by atoms with Gasteiger partial charge in [0.1, 0.15) is 0 Å². The van der Waals surface area contributed by atoms with Gasteiger partial charge in [0.15, 0.2) is 0 Å². The van der Waals surface area contributed by atoms with Crippen molar-refractivity contribution in [2.75, 3.05) is 6.54 Å². The minimum absolute atomic E-state index is 0.0202. The monoisotopic (exact) mass is 221 g/mol. The Morgan fingerprint density at radius 1 is 1.64 bits per heavy atom. The van der Waals surface area contributed by atoms with E-state index in [4.69, 9.17) is 5.11 Å². The average Bonchev–Trinajstić information content (AvgIpc) is 1.86. The van der Waals surface area contributed by atoms with Gasteiger partial charge in [0.2, 0.25) is 0 Å². The van der Waals surface area contributed by atoms with Crippen LogP contribution in [0.15, 0.2) is 10.6 Å². The van der Waals surface area contributed by atoms with Gasteiger partial charge >= 0.3 is 5.97 Å². The molecule has 0 bridgehead atoms. The van der Waals surface area contributed by atoms with Crippen LogP contribution in [-0.4, -0.2) is 23.5 Å². The maximum absolute atomic E-state index is 10.8. The number of carboxylic acids is 1. The Bertz CT molecular complexity index is 200. The third-order valence-corrected chi connectivity index (χ3v) is 1.39. The lowest BCUT2D eigenvalue weighted by Crippen LogP contribution is -2.22. The van der Waals surface area contributed by atoms with Crippen molar-refractivity contribution in [3.05, 3.63) is 10.6 Å². The number of carboxylic acid groups (broad SMARTS) is 1. The normalized spacial score (nSPS) is 10.9. The van der Waals surface area contributed by atoms with E-state index in [1.165, 1.54) is 0 Å². The lowest BCUT2D eigenvalue weighted by molar-refractivity contribution is -0.131. The molecule has 4 nitrogen and oxygen atoms in total. The first kappa shape index (κ1) is 10.2. The highest BCUT2D eigenvalue weighted by molar-refractivity contribution is 9.12. The van der Waals surface area contributed by atoms with Crippen LogP contribution < -0.4 is 5.32 Å². The Morgan fingerprint density at radius 2 is 2.18 bits per heavy atom. The molecule has 0 aromatic rings. The molecule has 0 spiro atoms. The van der Waals surface area contributed by atoms with Crippen molar-refractivity contribution in [1.82, 2.24) is 5.32 Å². The van der Waals surface area contributed by atoms with Gasteiger partial charge in [-0.3, -0.25) is 4.79 Å². The van der Waals surface area contributed by atoms with Crippen molar-refractivity contribution in [1.29, 1.82) is 0 Å². The highest BCUT2D eigenvalue weighted by Crippen LogP contribution is 2.03. The number of rotatable bonds is 3. The van der Waals surface area contributed by atoms with Gasteiger partial charge in [0.25, 0.3) is 5.91 Å². The van der Waals surface area contributed by atoms with Crippen LogP contribution in [0.3, 0.4) is 0 Å². The maximum atomic E-state index is 10.8. The van der Waals surface area contributed by atoms with E-state index in [1.807, 2.05) is 0 Å². The summed E-state index contributed by atoms with van der Waals surface area (Å²) in [7, 11) is 0. The van der Waals surface area contributed by atoms with Crippen molar-refractivity contribution in [3.63, 3.8) is 0 Å². The molecule has 0 aliphatic heterocycles. The number of hydrogen-bond acceptors (Lipinski definition) is 2. The number of amides is 1. The van der Waals surface area contributed by atoms with Gasteiger partial charge in [-0.15, -0.1) is 0 Å². The summed E-state index contributed by atoms with van der Waals surface area (Å²) >= 11 is 2.81. The Labute approximate surface area is 72.4 Å². The van der Waals surface area contributed by atoms with E-state index in [1.54, 1.807) is 6.92 Å². The fourth-order valence-corrected chi connectivity index (χ4v) is 0.755. The van der Waals surface area contributed by atoms with Gasteiger partial charge in [0.05, 0.1) is 4.48 Å². The summed E-state index contributed by atoms with van der Waals surface area (Å²) in [4.78, 5) is 20.8. The number of hydrogen-bond donors (Lipinski definition) is 2. The smallest absolute Gasteiger partial charge is 0.329 e. The summed E-state index contributed by atoms with van der Waals surface area (Å²) in [6.45, 7) is 2.22. The summed E-state index contributed by atoms with van der Waals surface area (Å²) in [5, 5.41) is 10.6. The largest absolute Gasteiger partial charge is 0.478 e. The second-order valence-electron chi connectivity index (χ2n) is 1.69. The zero-order valence-corrected chi connectivity index (χ0v) is 7.51. The van der Waals surface area contributed by atoms with E-state index in [9.17, 15) is 9.59 Å². The fraction of sp³-hybridized carbons (Fsp3) is 0.333. The summed E-state index contributed by atoms with van der Waals surface area (Å²) in [5.74, 6) is -1.57. The SMILES string of the molecule is CCNC(=O)/C(Br)=C\C(=O)O. The summed E-state index contributed by atoms with van der Waals surface area (Å²) in [6.07, 6.45) is 0.797. The summed E-state index contributed by atoms with van der Waals surface area (Å²) in [5.41, 5.74) is 0. The number of nitrogens with one attached hydrogen (secondary N) is 1. The summed E-state index contributed by atoms with van der Waals surface area (Å²) < 4.78 is 0.0202. The molecule has 0 saturated heterocycles. The van der Waals surface area contributed by atoms with Crippen molar-refractivity contribution in [2.45, 2.75) is 6.92 Å². The molecule has 0 aromatic heterocycles. The molecular formula is C6H8BrNO3. The van der Waals surface area contributed by atoms with Gasteiger partial charge in [-0.1, -0.05) is 0 Å². The zero-order valence-electron chi connectivity index (χ0n) is 5.93. The molecule has 62 valence electrons. The standard InChI is InChI=1S/C6H8BrNO3/c1-2-8-6(11)4(7)3-5(9)10/h3H,2H2,1H3,(H,8,11)(H,9,10)/b4-3+. The molecule has 0 unspecified atom stereocenters. The number of halogens is 1. The van der Waals surface area contributed by atoms with Crippen LogP contribution in [0.25, 0.3) is 0 Å². The Balaban J connectivity index is 4.12. The average molecular weight is 222 g/mol. The predicted molar refractivity (Wildman–Crippen MR) is 43.3 cm³/mol. The lowest BCUT2D eigenvalue weighted by atomic mass is 10.4. The number of carbonyl (C=O) groups excluding carboxylic acids is 1. The highest BCUT2D eigenvalue weighted by Gasteiger charge is 2.04. The van der Waals surface area contributed by atoms with Crippen LogP contribution in [-0.2, 0) is 9.59 Å². The number of aliphatic carboxylic acids is 1. The van der Waals surface area contributed by atoms with Crippen molar-refractivity contribution < 1.29 is 14.7 Å². The van der Waals surface area contributed by atoms with Gasteiger partial charge in [-0.05, 0) is 22.9 Å². The molecule has 0 aromatic carbocycles. The Hall–Kier alpha value is -0.840. The summed E-state index contributed by atoms with van der Waals surface area (Å²) in [6, 6.07) is 0.